The van der Waals surface area contributed by atoms with Crippen molar-refractivity contribution in [3.05, 3.63) is 23.1 Å². The molecule has 2 aromatic rings. The normalized spacial score (nSPS) is 17.3. The Hall–Kier alpha value is -2.31. The number of fused-ring (bicyclic) bond motifs is 2. The van der Waals surface area contributed by atoms with Crippen molar-refractivity contribution >= 4 is 17.4 Å². The number of carbonyl (C=O) groups excluding carboxylic acids is 1. The van der Waals surface area contributed by atoms with Gasteiger partial charge in [-0.2, -0.15) is 10.2 Å². The Morgan fingerprint density at radius 2 is 2.20 bits per heavy atom. The number of aromatic nitrogens is 4. The van der Waals surface area contributed by atoms with Crippen molar-refractivity contribution in [2.24, 2.45) is 0 Å². The van der Waals surface area contributed by atoms with Crippen LogP contribution in [0.4, 0.5) is 11.5 Å². The summed E-state index contributed by atoms with van der Waals surface area (Å²) in [6.45, 7) is 1.65. The molecule has 0 unspecified atom stereocenters. The van der Waals surface area contributed by atoms with Crippen LogP contribution in [0.25, 0.3) is 0 Å². The fourth-order valence-electron chi connectivity index (χ4n) is 3.01. The summed E-state index contributed by atoms with van der Waals surface area (Å²) in [6.07, 6.45) is 5.56. The van der Waals surface area contributed by atoms with Gasteiger partial charge < -0.3 is 10.2 Å². The van der Waals surface area contributed by atoms with Gasteiger partial charge in [0.05, 0.1) is 17.6 Å². The van der Waals surface area contributed by atoms with E-state index in [4.69, 9.17) is 0 Å². The summed E-state index contributed by atoms with van der Waals surface area (Å²) >= 11 is 0. The summed E-state index contributed by atoms with van der Waals surface area (Å²) in [4.78, 5) is 14.6. The third-order valence-corrected chi connectivity index (χ3v) is 4.02. The molecule has 0 aromatic carbocycles. The molecular weight excluding hydrogens is 256 g/mol. The molecule has 0 saturated carbocycles. The largest absolute Gasteiger partial charge is 0.368 e. The van der Waals surface area contributed by atoms with Crippen LogP contribution < -0.4 is 10.2 Å². The Morgan fingerprint density at radius 3 is 3.15 bits per heavy atom. The number of H-pyrrole nitrogens is 2. The van der Waals surface area contributed by atoms with Gasteiger partial charge in [-0.25, -0.2) is 0 Å². The van der Waals surface area contributed by atoms with Crippen LogP contribution in [0.3, 0.4) is 0 Å². The Kier molecular flexibility index (Phi) is 2.51. The van der Waals surface area contributed by atoms with E-state index in [1.54, 1.807) is 11.1 Å². The van der Waals surface area contributed by atoms with Gasteiger partial charge in [0.15, 0.2) is 5.82 Å². The van der Waals surface area contributed by atoms with Crippen LogP contribution in [0.2, 0.25) is 0 Å². The first kappa shape index (κ1) is 11.5. The molecule has 0 atom stereocenters. The molecule has 104 valence electrons. The Bertz CT molecular complexity index is 658. The SMILES string of the molecule is O=C(c1[nH]nc2c1CCCN2)N1CCCc2[nH]ncc21. The number of anilines is 2. The van der Waals surface area contributed by atoms with E-state index >= 15 is 0 Å². The van der Waals surface area contributed by atoms with E-state index in [2.05, 4.69) is 25.7 Å². The van der Waals surface area contributed by atoms with Gasteiger partial charge in [0.25, 0.3) is 5.91 Å². The van der Waals surface area contributed by atoms with E-state index in [9.17, 15) is 4.79 Å². The predicted molar refractivity (Wildman–Crippen MR) is 74.0 cm³/mol. The quantitative estimate of drug-likeness (QED) is 0.724. The highest BCUT2D eigenvalue weighted by atomic mass is 16.2. The predicted octanol–water partition coefficient (Wildman–Crippen LogP) is 1.08. The molecule has 1 amide bonds. The third-order valence-electron chi connectivity index (χ3n) is 4.02. The van der Waals surface area contributed by atoms with Crippen molar-refractivity contribution < 1.29 is 4.79 Å². The lowest BCUT2D eigenvalue weighted by Gasteiger charge is -2.26. The van der Waals surface area contributed by atoms with Gasteiger partial charge in [0, 0.05) is 18.7 Å². The lowest BCUT2D eigenvalue weighted by molar-refractivity contribution is 0.0979. The fraction of sp³-hybridized carbons (Fsp3) is 0.462. The summed E-state index contributed by atoms with van der Waals surface area (Å²) < 4.78 is 0. The van der Waals surface area contributed by atoms with Gasteiger partial charge >= 0.3 is 0 Å². The minimum absolute atomic E-state index is 0.00944. The number of aryl methyl sites for hydroxylation is 1. The highest BCUT2D eigenvalue weighted by Gasteiger charge is 2.29. The van der Waals surface area contributed by atoms with Gasteiger partial charge in [-0.1, -0.05) is 0 Å². The standard InChI is InChI=1S/C13H16N6O/c20-13(11-8-3-1-5-14-12(8)18-17-11)19-6-2-4-9-10(19)7-15-16-9/h7H,1-6H2,(H,15,16)(H2,14,17,18). The number of hydrogen-bond donors (Lipinski definition) is 3. The first-order valence-electron chi connectivity index (χ1n) is 7.00. The lowest BCUT2D eigenvalue weighted by Crippen LogP contribution is -2.36. The van der Waals surface area contributed by atoms with E-state index in [0.29, 0.717) is 5.69 Å². The van der Waals surface area contributed by atoms with Crippen molar-refractivity contribution in [2.75, 3.05) is 23.3 Å². The molecule has 0 aliphatic carbocycles. The molecule has 2 aromatic heterocycles. The first-order valence-corrected chi connectivity index (χ1v) is 7.00. The molecule has 0 saturated heterocycles. The highest BCUT2D eigenvalue weighted by molar-refractivity contribution is 6.06. The minimum atomic E-state index is -0.00944. The fourth-order valence-corrected chi connectivity index (χ4v) is 3.01. The van der Waals surface area contributed by atoms with E-state index in [1.807, 2.05) is 0 Å². The maximum absolute atomic E-state index is 12.8. The van der Waals surface area contributed by atoms with Crippen LogP contribution >= 0.6 is 0 Å². The van der Waals surface area contributed by atoms with Crippen LogP contribution in [0.5, 0.6) is 0 Å². The van der Waals surface area contributed by atoms with Crippen LogP contribution in [0.1, 0.15) is 34.6 Å². The van der Waals surface area contributed by atoms with Crippen molar-refractivity contribution in [3.8, 4) is 0 Å². The molecule has 3 N–H and O–H groups in total. The topological polar surface area (TPSA) is 89.7 Å². The molecular formula is C13H16N6O. The third kappa shape index (κ3) is 1.62. The van der Waals surface area contributed by atoms with E-state index in [1.165, 1.54) is 0 Å². The first-order chi connectivity index (χ1) is 9.84. The van der Waals surface area contributed by atoms with Gasteiger partial charge in [0.1, 0.15) is 5.69 Å². The summed E-state index contributed by atoms with van der Waals surface area (Å²) in [5, 5.41) is 17.4. The molecule has 0 bridgehead atoms. The average Bonchev–Trinajstić information content (AvgIpc) is 3.12. The number of aromatic amines is 2. The molecule has 0 fully saturated rings. The highest BCUT2D eigenvalue weighted by Crippen LogP contribution is 2.29. The Labute approximate surface area is 115 Å². The molecule has 2 aliphatic rings. The Balaban J connectivity index is 1.70. The van der Waals surface area contributed by atoms with Gasteiger partial charge in [-0.15, -0.1) is 0 Å². The number of amides is 1. The molecule has 4 heterocycles. The van der Waals surface area contributed by atoms with Crippen molar-refractivity contribution in [2.45, 2.75) is 25.7 Å². The monoisotopic (exact) mass is 272 g/mol. The number of nitrogens with one attached hydrogen (secondary N) is 3. The zero-order valence-corrected chi connectivity index (χ0v) is 11.1. The summed E-state index contributed by atoms with van der Waals surface area (Å²) in [5.74, 6) is 0.814. The molecule has 7 nitrogen and oxygen atoms in total. The maximum Gasteiger partial charge on any atom is 0.276 e. The number of rotatable bonds is 1. The van der Waals surface area contributed by atoms with Crippen LogP contribution in [0, 0.1) is 0 Å². The van der Waals surface area contributed by atoms with Crippen LogP contribution in [-0.2, 0) is 12.8 Å². The molecule has 7 heteroatoms. The molecule has 0 radical (unpaired) electrons. The lowest BCUT2D eigenvalue weighted by atomic mass is 10.0. The second-order valence-electron chi connectivity index (χ2n) is 5.25. The molecule has 2 aliphatic heterocycles. The summed E-state index contributed by atoms with van der Waals surface area (Å²) in [7, 11) is 0. The van der Waals surface area contributed by atoms with Crippen molar-refractivity contribution in [1.29, 1.82) is 0 Å². The molecule has 20 heavy (non-hydrogen) atoms. The maximum atomic E-state index is 12.8. The second-order valence-corrected chi connectivity index (χ2v) is 5.25. The number of carbonyl (C=O) groups is 1. The van der Waals surface area contributed by atoms with Crippen molar-refractivity contribution in [3.63, 3.8) is 0 Å². The molecule has 4 rings (SSSR count). The van der Waals surface area contributed by atoms with Gasteiger partial charge in [-0.3, -0.25) is 15.0 Å². The number of nitrogens with zero attached hydrogens (tertiary/aromatic N) is 3. The van der Waals surface area contributed by atoms with Gasteiger partial charge in [-0.05, 0) is 25.7 Å². The minimum Gasteiger partial charge on any atom is -0.368 e. The van der Waals surface area contributed by atoms with E-state index in [0.717, 1.165) is 61.5 Å². The van der Waals surface area contributed by atoms with E-state index in [-0.39, 0.29) is 5.91 Å². The van der Waals surface area contributed by atoms with Crippen LogP contribution in [-0.4, -0.2) is 39.4 Å². The molecule has 0 spiro atoms. The average molecular weight is 272 g/mol. The summed E-state index contributed by atoms with van der Waals surface area (Å²) in [6, 6.07) is 0. The van der Waals surface area contributed by atoms with Gasteiger partial charge in [0.2, 0.25) is 0 Å². The number of hydrogen-bond acceptors (Lipinski definition) is 4. The van der Waals surface area contributed by atoms with Crippen molar-refractivity contribution in [1.82, 2.24) is 20.4 Å². The summed E-state index contributed by atoms with van der Waals surface area (Å²) in [5.41, 5.74) is 3.56. The van der Waals surface area contributed by atoms with Crippen LogP contribution in [0.15, 0.2) is 6.20 Å². The second kappa shape index (κ2) is 4.36. The smallest absolute Gasteiger partial charge is 0.276 e. The van der Waals surface area contributed by atoms with E-state index < -0.39 is 0 Å². The Morgan fingerprint density at radius 1 is 1.25 bits per heavy atom. The zero-order chi connectivity index (χ0) is 13.5. The zero-order valence-electron chi connectivity index (χ0n) is 11.1.